The van der Waals surface area contributed by atoms with Gasteiger partial charge in [-0.2, -0.15) is 0 Å². The fraction of sp³-hybridized carbons (Fsp3) is 0.416. The number of hydrogen-bond acceptors (Lipinski definition) is 24. The lowest BCUT2D eigenvalue weighted by Crippen LogP contribution is -2.33. The van der Waals surface area contributed by atoms with Crippen molar-refractivity contribution in [2.45, 2.75) is 52.5 Å². The molecule has 624 valence electrons. The molecule has 1 unspecified atom stereocenters. The zero-order valence-corrected chi connectivity index (χ0v) is 67.7. The summed E-state index contributed by atoms with van der Waals surface area (Å²) in [5, 5.41) is 34.8. The highest BCUT2D eigenvalue weighted by molar-refractivity contribution is 7.15. The van der Waals surface area contributed by atoms with Crippen molar-refractivity contribution in [2.75, 3.05) is 152 Å². The molecule has 0 fully saturated rings. The van der Waals surface area contributed by atoms with E-state index < -0.39 is 47.4 Å². The summed E-state index contributed by atoms with van der Waals surface area (Å²) in [5.74, 6) is -1.92. The number of imidazole rings is 3. The molecule has 1 atom stereocenters. The molecule has 8 heterocycles. The molecule has 7 aromatic heterocycles. The van der Waals surface area contributed by atoms with Crippen molar-refractivity contribution in [3.05, 3.63) is 165 Å². The SMILES string of the molecule is Cc1sc2c(c1C)C(c1ccc(Cl)cc1)=NC(CC(=O)Nc1ccc(OCCOCCOCCOCCOCCOCCOCCOCCNC(=O)CCNC(=O)c3nc(NC(=O)CCNC(=O)c4cc(NC(=O)c5nc(NC(=O)CCNC(=O)c6cc(NC(=O)c7nccn7C)cn6C)cn5C)cn4C)cn3C)cc1)c1nnc(C)n1-2. The summed E-state index contributed by atoms with van der Waals surface area (Å²) in [7, 11) is 8.04. The highest BCUT2D eigenvalue weighted by Gasteiger charge is 2.33. The molecule has 9 amide bonds. The van der Waals surface area contributed by atoms with Gasteiger partial charge >= 0.3 is 0 Å². The van der Waals surface area contributed by atoms with Crippen molar-refractivity contribution >= 4 is 111 Å². The molecule has 2 aromatic carbocycles. The molecule has 0 spiro atoms. The monoisotopic (exact) mass is 1650 g/mol. The molecule has 9 N–H and O–H groups in total. The van der Waals surface area contributed by atoms with E-state index in [9.17, 15) is 43.2 Å². The molecule has 0 aliphatic carbocycles. The van der Waals surface area contributed by atoms with E-state index in [-0.39, 0.29) is 116 Å². The molecule has 0 saturated carbocycles. The average Bonchev–Trinajstić information content (AvgIpc) is 1.59. The van der Waals surface area contributed by atoms with Gasteiger partial charge in [-0.3, -0.25) is 52.7 Å². The maximum Gasteiger partial charge on any atom is 0.291 e. The van der Waals surface area contributed by atoms with E-state index in [0.717, 1.165) is 38.1 Å². The Kier molecular flexibility index (Phi) is 32.8. The number of rotatable bonds is 47. The van der Waals surface area contributed by atoms with Crippen LogP contribution in [0.5, 0.6) is 5.75 Å². The van der Waals surface area contributed by atoms with Crippen LogP contribution in [-0.4, -0.2) is 237 Å². The Balaban J connectivity index is 0.476. The highest BCUT2D eigenvalue weighted by Crippen LogP contribution is 2.40. The first-order valence-corrected chi connectivity index (χ1v) is 38.8. The number of halogens is 1. The number of thiophene rings is 1. The smallest absolute Gasteiger partial charge is 0.291 e. The first kappa shape index (κ1) is 87.6. The second kappa shape index (κ2) is 43.8. The van der Waals surface area contributed by atoms with Crippen LogP contribution in [-0.2, 0) is 87.6 Å². The fourth-order valence-electron chi connectivity index (χ4n) is 11.8. The van der Waals surface area contributed by atoms with Gasteiger partial charge in [-0.05, 0) is 74.9 Å². The van der Waals surface area contributed by atoms with Gasteiger partial charge in [0.15, 0.2) is 23.3 Å². The molecule has 0 bridgehead atoms. The van der Waals surface area contributed by atoms with Gasteiger partial charge in [-0.1, -0.05) is 23.7 Å². The Bertz CT molecular complexity index is 4940. The zero-order chi connectivity index (χ0) is 83.3. The number of carbonyl (C=O) groups is 9. The maximum absolute atomic E-state index is 13.6. The number of benzene rings is 2. The molecular formula is C77H96ClN21O17S. The summed E-state index contributed by atoms with van der Waals surface area (Å²) in [4.78, 5) is 135. The number of nitrogens with one attached hydrogen (secondary N) is 9. The molecular weight excluding hydrogens is 1560 g/mol. The minimum Gasteiger partial charge on any atom is -0.491 e. The maximum atomic E-state index is 13.6. The molecule has 0 saturated heterocycles. The number of fused-ring (bicyclic) bond motifs is 3. The van der Waals surface area contributed by atoms with Crippen molar-refractivity contribution in [1.82, 2.24) is 73.8 Å². The summed E-state index contributed by atoms with van der Waals surface area (Å²) in [5.41, 5.74) is 5.46. The van der Waals surface area contributed by atoms with Crippen LogP contribution in [0, 0.1) is 20.8 Å². The first-order valence-electron chi connectivity index (χ1n) is 37.6. The van der Waals surface area contributed by atoms with Gasteiger partial charge in [0.2, 0.25) is 35.3 Å². The Morgan fingerprint density at radius 3 is 1.45 bits per heavy atom. The van der Waals surface area contributed by atoms with Crippen LogP contribution in [0.3, 0.4) is 0 Å². The summed E-state index contributed by atoms with van der Waals surface area (Å²) >= 11 is 7.91. The zero-order valence-electron chi connectivity index (χ0n) is 66.2. The lowest BCUT2D eigenvalue weighted by Gasteiger charge is -2.13. The molecule has 0 radical (unpaired) electrons. The third kappa shape index (κ3) is 25.8. The topological polar surface area (TPSA) is 442 Å². The first-order chi connectivity index (χ1) is 56.5. The van der Waals surface area contributed by atoms with Crippen LogP contribution >= 0.6 is 22.9 Å². The van der Waals surface area contributed by atoms with E-state index in [4.69, 9.17) is 54.5 Å². The summed E-state index contributed by atoms with van der Waals surface area (Å²) in [6.45, 7) is 11.8. The van der Waals surface area contributed by atoms with Crippen molar-refractivity contribution in [1.29, 1.82) is 0 Å². The van der Waals surface area contributed by atoms with Crippen molar-refractivity contribution in [2.24, 2.45) is 40.2 Å². The Hall–Kier alpha value is -11.8. The predicted octanol–water partition coefficient (Wildman–Crippen LogP) is 5.16. The van der Waals surface area contributed by atoms with Gasteiger partial charge in [0.1, 0.15) is 40.6 Å². The molecule has 1 aliphatic heterocycles. The van der Waals surface area contributed by atoms with Gasteiger partial charge in [-0.15, -0.1) is 21.5 Å². The Labute approximate surface area is 682 Å². The summed E-state index contributed by atoms with van der Waals surface area (Å²) < 4.78 is 54.3. The molecule has 40 heteroatoms. The van der Waals surface area contributed by atoms with Crippen molar-refractivity contribution < 1.29 is 81.0 Å². The minimum absolute atomic E-state index is 0.00699. The second-order valence-electron chi connectivity index (χ2n) is 26.6. The number of aliphatic imine (C=N–C) groups is 1. The molecule has 117 heavy (non-hydrogen) atoms. The minimum atomic E-state index is -0.640. The average molecular weight is 1660 g/mol. The standard InChI is InChI=1S/C77H96ClN21O17S/c1-48-49(2)117-77-66(48)67(51-9-11-52(78)12-10-51)87-57(68-93-92-50(3)99(68)77)43-65(103)84-53-13-15-56(16-14-53)116-40-39-115-38-37-114-36-35-113-34-33-112-32-31-111-30-29-110-28-27-109-26-24-79-62(100)17-20-83-74(106)70-90-60(46-97(70)7)88-63(101)18-21-82-73(105)59-42-55(45-96(59)6)86-76(108)71-91-61(47-98(71)8)89-64(102)19-22-81-72(104)58-41-54(44-95(58)5)85-75(107)69-80-23-25-94(69)4/h9-16,23,25,41-42,44-47,57H,17-22,24,26-40,43H2,1-8H3,(H,79,100)(H,81,104)(H,82,105)(H,83,106)(H,84,103)(H,85,107)(H,86,108)(H,88,101)(H,89,102). The largest absolute Gasteiger partial charge is 0.491 e. The van der Waals surface area contributed by atoms with E-state index >= 15 is 0 Å². The van der Waals surface area contributed by atoms with Gasteiger partial charge in [0.25, 0.3) is 29.5 Å². The second-order valence-corrected chi connectivity index (χ2v) is 28.3. The van der Waals surface area contributed by atoms with E-state index in [2.05, 4.69) is 86.8 Å². The lowest BCUT2D eigenvalue weighted by molar-refractivity contribution is -0.121. The molecule has 10 rings (SSSR count). The van der Waals surface area contributed by atoms with Gasteiger partial charge in [-0.25, -0.2) is 15.0 Å². The number of hydrogen-bond donors (Lipinski definition) is 9. The number of amides is 9. The quantitative estimate of drug-likeness (QED) is 0.0222. The van der Waals surface area contributed by atoms with E-state index in [1.54, 1.807) is 87.8 Å². The third-order valence-electron chi connectivity index (χ3n) is 17.8. The number of ether oxygens (including phenoxy) is 8. The third-order valence-corrected chi connectivity index (χ3v) is 19.2. The number of aryl methyl sites for hydroxylation is 7. The Morgan fingerprint density at radius 1 is 0.462 bits per heavy atom. The fourth-order valence-corrected chi connectivity index (χ4v) is 13.2. The molecule has 9 aromatic rings. The highest BCUT2D eigenvalue weighted by atomic mass is 35.5. The van der Waals surface area contributed by atoms with E-state index in [0.29, 0.717) is 120 Å². The van der Waals surface area contributed by atoms with Crippen LogP contribution in [0.15, 0.2) is 103 Å². The summed E-state index contributed by atoms with van der Waals surface area (Å²) in [6, 6.07) is 17.1. The normalized spacial score (nSPS) is 12.2. The Morgan fingerprint density at radius 2 is 0.940 bits per heavy atom. The van der Waals surface area contributed by atoms with Crippen LogP contribution < -0.4 is 52.6 Å². The van der Waals surface area contributed by atoms with Crippen molar-refractivity contribution in [3.8, 4) is 10.8 Å². The van der Waals surface area contributed by atoms with Crippen LogP contribution in [0.2, 0.25) is 5.02 Å². The van der Waals surface area contributed by atoms with E-state index in [1.807, 2.05) is 35.8 Å². The van der Waals surface area contributed by atoms with Crippen molar-refractivity contribution in [3.63, 3.8) is 0 Å². The number of nitrogens with zero attached hydrogens (tertiary/aromatic N) is 12. The summed E-state index contributed by atoms with van der Waals surface area (Å²) in [6.07, 6.45) is 8.86. The number of aromatic nitrogens is 11. The van der Waals surface area contributed by atoms with Crippen LogP contribution in [0.1, 0.15) is 118 Å². The van der Waals surface area contributed by atoms with Crippen LogP contribution in [0.25, 0.3) is 5.00 Å². The van der Waals surface area contributed by atoms with Gasteiger partial charge < -0.3 is 109 Å². The van der Waals surface area contributed by atoms with Gasteiger partial charge in [0.05, 0.1) is 116 Å². The van der Waals surface area contributed by atoms with E-state index in [1.165, 1.54) is 55.2 Å². The van der Waals surface area contributed by atoms with Gasteiger partial charge in [0, 0.05) is 145 Å². The lowest BCUT2D eigenvalue weighted by atomic mass is 9.99. The number of anilines is 5. The molecule has 1 aliphatic rings. The number of carbonyl (C=O) groups excluding carboxylic acids is 9. The molecule has 38 nitrogen and oxygen atoms in total. The predicted molar refractivity (Wildman–Crippen MR) is 432 cm³/mol. The van der Waals surface area contributed by atoms with Crippen LogP contribution in [0.4, 0.5) is 28.7 Å².